The number of nitrogens with two attached hydrogens (primary N) is 1. The molecule has 0 aliphatic carbocycles. The van der Waals surface area contributed by atoms with E-state index < -0.39 is 69.8 Å². The van der Waals surface area contributed by atoms with Crippen molar-refractivity contribution in [3.05, 3.63) is 115 Å². The van der Waals surface area contributed by atoms with Gasteiger partial charge in [-0.15, -0.1) is 0 Å². The van der Waals surface area contributed by atoms with Gasteiger partial charge >= 0.3 is 18.3 Å². The minimum absolute atomic E-state index is 0.150. The Morgan fingerprint density at radius 1 is 0.745 bits per heavy atom. The first kappa shape index (κ1) is 38.9. The zero-order valence-electron chi connectivity index (χ0n) is 23.4. The van der Waals surface area contributed by atoms with Gasteiger partial charge in [-0.3, -0.25) is 4.79 Å². The van der Waals surface area contributed by atoms with E-state index in [9.17, 15) is 53.5 Å². The lowest BCUT2D eigenvalue weighted by molar-refractivity contribution is -0.141. The number of aromatic carboxylic acids is 1. The molecule has 2 aromatic carbocycles. The first-order chi connectivity index (χ1) is 21.6. The lowest BCUT2D eigenvalue weighted by Crippen LogP contribution is -2.20. The predicted octanol–water partition coefficient (Wildman–Crippen LogP) is 9.12. The Morgan fingerprint density at radius 2 is 1.17 bits per heavy atom. The minimum Gasteiger partial charge on any atom is -0.477 e. The van der Waals surface area contributed by atoms with Crippen molar-refractivity contribution >= 4 is 55.1 Å². The van der Waals surface area contributed by atoms with Gasteiger partial charge in [-0.05, 0) is 93.2 Å². The van der Waals surface area contributed by atoms with E-state index >= 15 is 0 Å². The van der Waals surface area contributed by atoms with Crippen molar-refractivity contribution < 1.29 is 58.6 Å². The number of nitrogens with zero attached hydrogens (tertiary/aromatic N) is 2. The van der Waals surface area contributed by atoms with E-state index in [0.29, 0.717) is 16.2 Å². The number of benzene rings is 2. The molecule has 47 heavy (non-hydrogen) atoms. The third kappa shape index (κ3) is 10.4. The highest BCUT2D eigenvalue weighted by molar-refractivity contribution is 9.10. The number of carboxylic acids is 1. The third-order valence-electron chi connectivity index (χ3n) is 5.66. The Morgan fingerprint density at radius 3 is 1.60 bits per heavy atom. The number of halogens is 12. The smallest absolute Gasteiger partial charge is 0.419 e. The second-order valence-corrected chi connectivity index (χ2v) is 10.6. The number of carboxylic acid groups (broad SMARTS) is 1. The number of hydrogen-bond acceptors (Lipinski definition) is 5. The van der Waals surface area contributed by atoms with Gasteiger partial charge in [-0.25, -0.2) is 32.3 Å². The van der Waals surface area contributed by atoms with Crippen LogP contribution < -0.4 is 11.1 Å². The van der Waals surface area contributed by atoms with Gasteiger partial charge < -0.3 is 16.2 Å². The topological polar surface area (TPSA) is 118 Å². The van der Waals surface area contributed by atoms with Crippen molar-refractivity contribution in [3.63, 3.8) is 0 Å². The maximum Gasteiger partial charge on any atom is 0.419 e. The highest BCUT2D eigenvalue weighted by Gasteiger charge is 2.38. The van der Waals surface area contributed by atoms with Gasteiger partial charge in [0.2, 0.25) is 0 Å². The second kappa shape index (κ2) is 15.6. The van der Waals surface area contributed by atoms with Crippen LogP contribution in [0.15, 0.2) is 58.0 Å². The molecule has 1 amide bonds. The average Bonchev–Trinajstić information content (AvgIpc) is 2.92. The van der Waals surface area contributed by atoms with Crippen LogP contribution in [0.4, 0.5) is 55.3 Å². The number of carbonyl (C=O) groups excluding carboxylic acids is 1. The summed E-state index contributed by atoms with van der Waals surface area (Å²) in [5.74, 6) is -10.4. The maximum absolute atomic E-state index is 13.9. The first-order valence-electron chi connectivity index (χ1n) is 12.2. The van der Waals surface area contributed by atoms with Gasteiger partial charge in [-0.1, -0.05) is 0 Å². The molecule has 0 aliphatic rings. The van der Waals surface area contributed by atoms with Gasteiger partial charge in [0.25, 0.3) is 5.91 Å². The van der Waals surface area contributed by atoms with E-state index in [1.54, 1.807) is 19.2 Å². The molecule has 0 unspecified atom stereocenters. The van der Waals surface area contributed by atoms with E-state index in [0.717, 1.165) is 15.9 Å². The summed E-state index contributed by atoms with van der Waals surface area (Å²) in [6.07, 6.45) is -6.98. The molecule has 2 aromatic heterocycles. The Hall–Kier alpha value is -4.26. The van der Waals surface area contributed by atoms with Crippen LogP contribution in [0.3, 0.4) is 0 Å². The van der Waals surface area contributed by atoms with Crippen LogP contribution in [-0.2, 0) is 12.4 Å². The Labute approximate surface area is 275 Å². The van der Waals surface area contributed by atoms with Crippen LogP contribution in [0.2, 0.25) is 0 Å². The summed E-state index contributed by atoms with van der Waals surface area (Å²) in [4.78, 5) is 30.1. The van der Waals surface area contributed by atoms with Crippen LogP contribution >= 0.6 is 31.9 Å². The van der Waals surface area contributed by atoms with Crippen LogP contribution in [0.1, 0.15) is 43.0 Å². The summed E-state index contributed by atoms with van der Waals surface area (Å²) in [5, 5.41) is 10.5. The number of aryl methyl sites for hydroxylation is 2. The highest BCUT2D eigenvalue weighted by Crippen LogP contribution is 2.34. The average molecular weight is 808 g/mol. The fourth-order valence-electron chi connectivity index (χ4n) is 3.28. The number of rotatable bonds is 3. The molecule has 0 radical (unpaired) electrons. The maximum atomic E-state index is 13.9. The van der Waals surface area contributed by atoms with Crippen LogP contribution in [0.25, 0.3) is 0 Å². The lowest BCUT2D eigenvalue weighted by atomic mass is 10.1. The first-order valence-corrected chi connectivity index (χ1v) is 13.8. The normalized spacial score (nSPS) is 11.1. The van der Waals surface area contributed by atoms with Gasteiger partial charge in [0.15, 0.2) is 11.6 Å². The van der Waals surface area contributed by atoms with E-state index in [2.05, 4.69) is 47.1 Å². The molecule has 2 heterocycles. The van der Waals surface area contributed by atoms with E-state index in [1.165, 1.54) is 12.3 Å². The van der Waals surface area contributed by atoms with Gasteiger partial charge in [0.1, 0.15) is 32.0 Å². The molecule has 0 atom stereocenters. The largest absolute Gasteiger partial charge is 0.477 e. The summed E-state index contributed by atoms with van der Waals surface area (Å²) in [6, 6.07) is 4.20. The molecule has 0 saturated heterocycles. The predicted molar refractivity (Wildman–Crippen MR) is 155 cm³/mol. The molecular weight excluding hydrogens is 790 g/mol. The van der Waals surface area contributed by atoms with Crippen molar-refractivity contribution in [2.24, 2.45) is 0 Å². The highest BCUT2D eigenvalue weighted by atomic mass is 79.9. The summed E-state index contributed by atoms with van der Waals surface area (Å²) in [7, 11) is 0. The minimum atomic E-state index is -5.05. The fraction of sp³-hybridized carbons (Fsp3) is 0.143. The van der Waals surface area contributed by atoms with Crippen LogP contribution in [0, 0.1) is 37.1 Å². The number of pyridine rings is 2. The zero-order chi connectivity index (χ0) is 36.0. The SMILES string of the molecule is Cc1cnc(Br)cc1N.Cc1cnc(Br)cc1NC(=O)c1c(F)ccc(C(F)(F)F)c1F.O=C(O)c1c(F)ccc(C(F)(F)F)c1F. The Bertz CT molecular complexity index is 1800. The molecule has 252 valence electrons. The van der Waals surface area contributed by atoms with Crippen LogP contribution in [-0.4, -0.2) is 27.0 Å². The zero-order valence-corrected chi connectivity index (χ0v) is 26.6. The second-order valence-electron chi connectivity index (χ2n) is 9.01. The number of nitrogen functional groups attached to an aromatic ring is 1. The molecule has 0 fully saturated rings. The van der Waals surface area contributed by atoms with Crippen LogP contribution in [0.5, 0.6) is 0 Å². The number of alkyl halides is 6. The van der Waals surface area contributed by atoms with E-state index in [-0.39, 0.29) is 23.9 Å². The molecule has 0 bridgehead atoms. The summed E-state index contributed by atoms with van der Waals surface area (Å²) in [5.41, 5.74) is 1.54. The number of nitrogens with one attached hydrogen (secondary N) is 1. The van der Waals surface area contributed by atoms with Gasteiger partial charge in [0.05, 0.1) is 11.1 Å². The van der Waals surface area contributed by atoms with Gasteiger partial charge in [0, 0.05) is 23.8 Å². The number of amides is 1. The van der Waals surface area contributed by atoms with Crippen molar-refractivity contribution in [2.75, 3.05) is 11.1 Å². The molecule has 0 spiro atoms. The van der Waals surface area contributed by atoms with Crippen molar-refractivity contribution in [2.45, 2.75) is 26.2 Å². The molecule has 4 rings (SSSR count). The molecule has 4 N–H and O–H groups in total. The molecular formula is C28H18Br2F10N4O3. The molecule has 19 heteroatoms. The Balaban J connectivity index is 0.000000273. The number of aromatic nitrogens is 2. The number of carbonyl (C=O) groups is 2. The fourth-order valence-corrected chi connectivity index (χ4v) is 3.96. The lowest BCUT2D eigenvalue weighted by Gasteiger charge is -2.13. The summed E-state index contributed by atoms with van der Waals surface area (Å²) < 4.78 is 129. The van der Waals surface area contributed by atoms with Crippen molar-refractivity contribution in [1.82, 2.24) is 9.97 Å². The number of anilines is 2. The summed E-state index contributed by atoms with van der Waals surface area (Å²) >= 11 is 6.25. The molecule has 0 saturated carbocycles. The summed E-state index contributed by atoms with van der Waals surface area (Å²) in [6.45, 7) is 3.49. The van der Waals surface area contributed by atoms with E-state index in [1.807, 2.05) is 6.92 Å². The van der Waals surface area contributed by atoms with E-state index in [4.69, 9.17) is 10.8 Å². The molecule has 7 nitrogen and oxygen atoms in total. The third-order valence-corrected chi connectivity index (χ3v) is 6.53. The van der Waals surface area contributed by atoms with Crippen molar-refractivity contribution in [1.29, 1.82) is 0 Å². The Kier molecular flexibility index (Phi) is 12.9. The molecule has 4 aromatic rings. The molecule has 0 aliphatic heterocycles. The van der Waals surface area contributed by atoms with Crippen molar-refractivity contribution in [3.8, 4) is 0 Å². The van der Waals surface area contributed by atoms with Gasteiger partial charge in [-0.2, -0.15) is 26.3 Å². The quantitative estimate of drug-likeness (QED) is 0.141. The standard InChI is InChI=1S/C14H8BrF5N2O.C8H3F5O2.C6H7BrN2/c1-6-5-21-10(15)4-9(6)22-13(23)11-8(16)3-2-7(12(11)17)14(18,19)20;9-4-2-1-3(8(11,12)13)6(10)5(4)7(14)15;1-4-3-9-6(7)2-5(4)8/h2-5H,1H3,(H,21,22,23);1-2H,(H,14,15);2-3H,1H3,(H2,8,9). The number of hydrogen-bond donors (Lipinski definition) is 3. The monoisotopic (exact) mass is 806 g/mol.